The molecule has 1 N–H and O–H groups in total. The number of carbonyl (C=O) groups is 2. The van der Waals surface area contributed by atoms with Crippen molar-refractivity contribution in [2.24, 2.45) is 0 Å². The molecule has 0 saturated carbocycles. The Balaban J connectivity index is 1.61. The molecule has 4 nitrogen and oxygen atoms in total. The van der Waals surface area contributed by atoms with Crippen molar-refractivity contribution in [3.05, 3.63) is 90.0 Å². The van der Waals surface area contributed by atoms with Gasteiger partial charge in [-0.05, 0) is 21.9 Å². The maximum Gasteiger partial charge on any atom is 0.332 e. The van der Waals surface area contributed by atoms with E-state index in [9.17, 15) is 9.59 Å². The number of hydrogen-bond donors (Lipinski definition) is 1. The molecule has 0 aromatic heterocycles. The number of ether oxygens (including phenoxy) is 1. The predicted octanol–water partition coefficient (Wildman–Crippen LogP) is 3.47. The van der Waals surface area contributed by atoms with Gasteiger partial charge in [-0.3, -0.25) is 4.79 Å². The molecule has 3 aromatic carbocycles. The summed E-state index contributed by atoms with van der Waals surface area (Å²) < 4.78 is 5.28. The first-order chi connectivity index (χ1) is 12.7. The first-order valence-corrected chi connectivity index (χ1v) is 8.44. The first-order valence-electron chi connectivity index (χ1n) is 8.44. The largest absolute Gasteiger partial charge is 0.444 e. The summed E-state index contributed by atoms with van der Waals surface area (Å²) in [5, 5.41) is 4.89. The van der Waals surface area contributed by atoms with Gasteiger partial charge in [-0.25, -0.2) is 4.79 Å². The summed E-state index contributed by atoms with van der Waals surface area (Å²) in [4.78, 5) is 24.5. The minimum absolute atomic E-state index is 0.320. The van der Waals surface area contributed by atoms with E-state index in [-0.39, 0.29) is 5.91 Å². The highest BCUT2D eigenvalue weighted by Crippen LogP contribution is 2.32. The number of fused-ring (bicyclic) bond motifs is 1. The van der Waals surface area contributed by atoms with E-state index in [1.54, 1.807) is 0 Å². The number of nitrogens with one attached hydrogen (secondary N) is 1. The van der Waals surface area contributed by atoms with Gasteiger partial charge in [0, 0.05) is 18.2 Å². The van der Waals surface area contributed by atoms with Crippen molar-refractivity contribution in [2.75, 3.05) is 0 Å². The van der Waals surface area contributed by atoms with Gasteiger partial charge >= 0.3 is 5.97 Å². The molecular formula is C22H17NO3. The van der Waals surface area contributed by atoms with Crippen molar-refractivity contribution in [2.45, 2.75) is 12.6 Å². The van der Waals surface area contributed by atoms with Gasteiger partial charge in [0.25, 0.3) is 5.91 Å². The zero-order valence-electron chi connectivity index (χ0n) is 14.0. The number of benzene rings is 3. The van der Waals surface area contributed by atoms with Gasteiger partial charge in [0.15, 0.2) is 0 Å². The van der Waals surface area contributed by atoms with Crippen molar-refractivity contribution in [1.82, 2.24) is 5.32 Å². The first kappa shape index (κ1) is 16.1. The molecule has 0 saturated heterocycles. The highest BCUT2D eigenvalue weighted by atomic mass is 16.6. The van der Waals surface area contributed by atoms with Crippen LogP contribution in [0, 0.1) is 0 Å². The van der Waals surface area contributed by atoms with Crippen molar-refractivity contribution in [3.63, 3.8) is 0 Å². The Morgan fingerprint density at radius 3 is 2.50 bits per heavy atom. The summed E-state index contributed by atoms with van der Waals surface area (Å²) in [5.41, 5.74) is 2.42. The molecule has 1 atom stereocenters. The molecule has 4 rings (SSSR count). The van der Waals surface area contributed by atoms with Crippen LogP contribution in [0.3, 0.4) is 0 Å². The van der Waals surface area contributed by atoms with Crippen molar-refractivity contribution in [3.8, 4) is 0 Å². The fourth-order valence-electron chi connectivity index (χ4n) is 3.18. The number of carbonyl (C=O) groups excluding carboxylic acids is 2. The molecule has 1 unspecified atom stereocenters. The fourth-order valence-corrected chi connectivity index (χ4v) is 3.18. The number of hydrogen-bond acceptors (Lipinski definition) is 3. The van der Waals surface area contributed by atoms with Crippen LogP contribution in [-0.2, 0) is 20.9 Å². The van der Waals surface area contributed by atoms with Crippen molar-refractivity contribution >= 4 is 28.2 Å². The van der Waals surface area contributed by atoms with Crippen LogP contribution < -0.4 is 5.32 Å². The SMILES string of the molecule is O=C1C=C(c2cccc3ccccc23)C(C(=O)NCc2ccccc2)O1. The van der Waals surface area contributed by atoms with Crippen LogP contribution in [0.5, 0.6) is 0 Å². The van der Waals surface area contributed by atoms with Gasteiger partial charge < -0.3 is 10.1 Å². The highest BCUT2D eigenvalue weighted by Gasteiger charge is 2.34. The molecule has 0 fully saturated rings. The minimum Gasteiger partial charge on any atom is -0.444 e. The van der Waals surface area contributed by atoms with Crippen LogP contribution in [0.25, 0.3) is 16.3 Å². The molecule has 0 radical (unpaired) electrons. The molecule has 1 amide bonds. The topological polar surface area (TPSA) is 55.4 Å². The zero-order valence-corrected chi connectivity index (χ0v) is 14.0. The molecule has 128 valence electrons. The average molecular weight is 343 g/mol. The van der Waals surface area contributed by atoms with Gasteiger partial charge in [-0.15, -0.1) is 0 Å². The van der Waals surface area contributed by atoms with Gasteiger partial charge in [0.05, 0.1) is 0 Å². The van der Waals surface area contributed by atoms with Crippen LogP contribution in [0.2, 0.25) is 0 Å². The van der Waals surface area contributed by atoms with Gasteiger partial charge in [-0.1, -0.05) is 72.8 Å². The smallest absolute Gasteiger partial charge is 0.332 e. The maximum atomic E-state index is 12.7. The van der Waals surface area contributed by atoms with Gasteiger partial charge in [0.1, 0.15) is 0 Å². The van der Waals surface area contributed by atoms with E-state index in [1.807, 2.05) is 72.8 Å². The summed E-state index contributed by atoms with van der Waals surface area (Å²) in [6.45, 7) is 0.385. The fraction of sp³-hybridized carbons (Fsp3) is 0.0909. The zero-order chi connectivity index (χ0) is 17.9. The van der Waals surface area contributed by atoms with E-state index in [4.69, 9.17) is 4.74 Å². The number of amides is 1. The lowest BCUT2D eigenvalue weighted by molar-refractivity contribution is -0.145. The standard InChI is InChI=1S/C22H17NO3/c24-20-13-19(18-12-6-10-16-9-4-5-11-17(16)18)21(26-20)22(25)23-14-15-7-2-1-3-8-15/h1-13,21H,14H2,(H,23,25). The Bertz CT molecular complexity index is 1000. The molecule has 4 heteroatoms. The normalized spacial score (nSPS) is 16.2. The summed E-state index contributed by atoms with van der Waals surface area (Å²) in [6, 6.07) is 23.3. The number of esters is 1. The van der Waals surface area contributed by atoms with Crippen LogP contribution in [0.1, 0.15) is 11.1 Å². The summed E-state index contributed by atoms with van der Waals surface area (Å²) in [7, 11) is 0. The van der Waals surface area contributed by atoms with E-state index in [1.165, 1.54) is 6.08 Å². The minimum atomic E-state index is -0.933. The predicted molar refractivity (Wildman–Crippen MR) is 100 cm³/mol. The lowest BCUT2D eigenvalue weighted by Gasteiger charge is -2.16. The van der Waals surface area contributed by atoms with Gasteiger partial charge in [0.2, 0.25) is 6.10 Å². The van der Waals surface area contributed by atoms with E-state index >= 15 is 0 Å². The molecule has 0 spiro atoms. The molecule has 3 aromatic rings. The van der Waals surface area contributed by atoms with Crippen molar-refractivity contribution < 1.29 is 14.3 Å². The number of cyclic esters (lactones) is 1. The Labute approximate surface area is 151 Å². The second-order valence-electron chi connectivity index (χ2n) is 6.15. The number of rotatable bonds is 4. The third-order valence-electron chi connectivity index (χ3n) is 4.44. The second-order valence-corrected chi connectivity index (χ2v) is 6.15. The Morgan fingerprint density at radius 2 is 1.65 bits per heavy atom. The maximum absolute atomic E-state index is 12.7. The monoisotopic (exact) mass is 343 g/mol. The third-order valence-corrected chi connectivity index (χ3v) is 4.44. The van der Waals surface area contributed by atoms with E-state index in [2.05, 4.69) is 5.32 Å². The van der Waals surface area contributed by atoms with Crippen LogP contribution >= 0.6 is 0 Å². The highest BCUT2D eigenvalue weighted by molar-refractivity contribution is 6.10. The summed E-state index contributed by atoms with van der Waals surface area (Å²) in [5.74, 6) is -0.813. The van der Waals surface area contributed by atoms with Crippen LogP contribution in [0.4, 0.5) is 0 Å². The second kappa shape index (κ2) is 6.84. The molecule has 1 aliphatic heterocycles. The Hall–Kier alpha value is -3.40. The molecule has 0 bridgehead atoms. The average Bonchev–Trinajstić information content (AvgIpc) is 3.08. The van der Waals surface area contributed by atoms with E-state index in [0.29, 0.717) is 12.1 Å². The quantitative estimate of drug-likeness (QED) is 0.738. The lowest BCUT2D eigenvalue weighted by atomic mass is 9.95. The lowest BCUT2D eigenvalue weighted by Crippen LogP contribution is -2.35. The molecule has 26 heavy (non-hydrogen) atoms. The molecular weight excluding hydrogens is 326 g/mol. The summed E-state index contributed by atoms with van der Waals surface area (Å²) in [6.07, 6.45) is 0.478. The molecule has 1 heterocycles. The van der Waals surface area contributed by atoms with Crippen LogP contribution in [0.15, 0.2) is 78.9 Å². The van der Waals surface area contributed by atoms with Crippen molar-refractivity contribution in [1.29, 1.82) is 0 Å². The summed E-state index contributed by atoms with van der Waals surface area (Å²) >= 11 is 0. The van der Waals surface area contributed by atoms with Gasteiger partial charge in [-0.2, -0.15) is 0 Å². The van der Waals surface area contributed by atoms with E-state index in [0.717, 1.165) is 21.9 Å². The molecule has 1 aliphatic rings. The third kappa shape index (κ3) is 3.09. The Morgan fingerprint density at radius 1 is 0.923 bits per heavy atom. The van der Waals surface area contributed by atoms with Crippen LogP contribution in [-0.4, -0.2) is 18.0 Å². The van der Waals surface area contributed by atoms with E-state index < -0.39 is 12.1 Å². The Kier molecular flexibility index (Phi) is 4.23. The molecule has 0 aliphatic carbocycles.